The fourth-order valence-corrected chi connectivity index (χ4v) is 2.04. The Bertz CT molecular complexity index is 467. The summed E-state index contributed by atoms with van der Waals surface area (Å²) < 4.78 is 0. The molecule has 15 heavy (non-hydrogen) atoms. The van der Waals surface area contributed by atoms with Crippen molar-refractivity contribution in [2.75, 3.05) is 6.61 Å². The average Bonchev–Trinajstić information content (AvgIpc) is 2.61. The first-order chi connectivity index (χ1) is 7.24. The molecule has 0 saturated heterocycles. The van der Waals surface area contributed by atoms with Gasteiger partial charge < -0.3 is 15.8 Å². The van der Waals surface area contributed by atoms with Crippen molar-refractivity contribution in [2.24, 2.45) is 5.73 Å². The third-order valence-corrected chi connectivity index (χ3v) is 2.83. The highest BCUT2D eigenvalue weighted by Gasteiger charge is 2.12. The Labute approximate surface area is 92.9 Å². The summed E-state index contributed by atoms with van der Waals surface area (Å²) in [5.41, 5.74) is 7.92. The van der Waals surface area contributed by atoms with E-state index in [2.05, 4.69) is 4.98 Å². The van der Waals surface area contributed by atoms with Crippen molar-refractivity contribution < 1.29 is 5.11 Å². The number of aliphatic hydroxyl groups excluding tert-OH is 1. The van der Waals surface area contributed by atoms with Crippen molar-refractivity contribution in [1.82, 2.24) is 4.98 Å². The highest BCUT2D eigenvalue weighted by atomic mass is 35.5. The molecule has 0 fully saturated rings. The van der Waals surface area contributed by atoms with Gasteiger partial charge in [-0.25, -0.2) is 0 Å². The van der Waals surface area contributed by atoms with Gasteiger partial charge in [0, 0.05) is 29.7 Å². The van der Waals surface area contributed by atoms with Gasteiger partial charge in [-0.2, -0.15) is 0 Å². The number of aromatic amines is 1. The number of benzene rings is 1. The maximum Gasteiger partial charge on any atom is 0.0662 e. The van der Waals surface area contributed by atoms with Crippen LogP contribution in [-0.2, 0) is 0 Å². The number of fused-ring (bicyclic) bond motifs is 1. The molecule has 0 aliphatic heterocycles. The van der Waals surface area contributed by atoms with Gasteiger partial charge in [0.05, 0.1) is 5.02 Å². The first kappa shape index (κ1) is 10.5. The molecule has 1 unspecified atom stereocenters. The number of nitrogens with one attached hydrogen (secondary N) is 1. The number of aliphatic hydroxyl groups is 1. The topological polar surface area (TPSA) is 62.0 Å². The molecule has 2 rings (SSSR count). The second-order valence-corrected chi connectivity index (χ2v) is 3.93. The van der Waals surface area contributed by atoms with Crippen LogP contribution in [0.1, 0.15) is 18.0 Å². The Balaban J connectivity index is 2.54. The van der Waals surface area contributed by atoms with E-state index in [4.69, 9.17) is 22.4 Å². The van der Waals surface area contributed by atoms with Gasteiger partial charge in [-0.1, -0.05) is 23.7 Å². The van der Waals surface area contributed by atoms with Crippen molar-refractivity contribution in [1.29, 1.82) is 0 Å². The third-order valence-electron chi connectivity index (χ3n) is 2.53. The number of hydrogen-bond acceptors (Lipinski definition) is 2. The lowest BCUT2D eigenvalue weighted by atomic mass is 10.0. The predicted octanol–water partition coefficient (Wildman–Crippen LogP) is 2.20. The Hall–Kier alpha value is -1.03. The van der Waals surface area contributed by atoms with Gasteiger partial charge in [0.2, 0.25) is 0 Å². The van der Waals surface area contributed by atoms with Crippen LogP contribution in [0.25, 0.3) is 10.9 Å². The molecule has 0 aliphatic carbocycles. The van der Waals surface area contributed by atoms with E-state index in [1.54, 1.807) is 6.20 Å². The van der Waals surface area contributed by atoms with Crippen LogP contribution in [0.3, 0.4) is 0 Å². The van der Waals surface area contributed by atoms with Crippen molar-refractivity contribution in [3.8, 4) is 0 Å². The summed E-state index contributed by atoms with van der Waals surface area (Å²) in [6, 6.07) is 5.66. The zero-order valence-corrected chi connectivity index (χ0v) is 8.96. The summed E-state index contributed by atoms with van der Waals surface area (Å²) in [7, 11) is 0. The smallest absolute Gasteiger partial charge is 0.0662 e. The second-order valence-electron chi connectivity index (χ2n) is 3.53. The van der Waals surface area contributed by atoms with E-state index in [0.717, 1.165) is 16.5 Å². The third kappa shape index (κ3) is 1.86. The van der Waals surface area contributed by atoms with Gasteiger partial charge in [0.1, 0.15) is 0 Å². The number of nitrogens with two attached hydrogens (primary N) is 1. The molecule has 0 saturated carbocycles. The molecule has 4 N–H and O–H groups in total. The molecule has 0 amide bonds. The minimum Gasteiger partial charge on any atom is -0.396 e. The minimum atomic E-state index is -0.174. The summed E-state index contributed by atoms with van der Waals surface area (Å²) in [5, 5.41) is 10.5. The fraction of sp³-hybridized carbons (Fsp3) is 0.273. The SMILES string of the molecule is NC(CCO)c1cccc2[nH]cc(Cl)c12. The molecule has 1 atom stereocenters. The summed E-state index contributed by atoms with van der Waals surface area (Å²) in [6.45, 7) is 0.0829. The average molecular weight is 225 g/mol. The van der Waals surface area contributed by atoms with Crippen LogP contribution >= 0.6 is 11.6 Å². The molecule has 1 aromatic heterocycles. The molecule has 0 spiro atoms. The highest BCUT2D eigenvalue weighted by molar-refractivity contribution is 6.35. The lowest BCUT2D eigenvalue weighted by Crippen LogP contribution is -2.12. The van der Waals surface area contributed by atoms with Gasteiger partial charge in [-0.3, -0.25) is 0 Å². The molecule has 80 valence electrons. The largest absolute Gasteiger partial charge is 0.396 e. The Morgan fingerprint density at radius 2 is 2.27 bits per heavy atom. The van der Waals surface area contributed by atoms with Gasteiger partial charge >= 0.3 is 0 Å². The summed E-state index contributed by atoms with van der Waals surface area (Å²) >= 11 is 6.07. The van der Waals surface area contributed by atoms with Gasteiger partial charge in [-0.15, -0.1) is 0 Å². The molecule has 0 aliphatic rings. The highest BCUT2D eigenvalue weighted by Crippen LogP contribution is 2.30. The Morgan fingerprint density at radius 3 is 3.00 bits per heavy atom. The fourth-order valence-electron chi connectivity index (χ4n) is 1.77. The molecule has 0 bridgehead atoms. The number of halogens is 1. The molecule has 1 heterocycles. The van der Waals surface area contributed by atoms with Crippen LogP contribution in [-0.4, -0.2) is 16.7 Å². The van der Waals surface area contributed by atoms with E-state index >= 15 is 0 Å². The molecular formula is C11H13ClN2O. The molecule has 4 heteroatoms. The van der Waals surface area contributed by atoms with Crippen molar-refractivity contribution >= 4 is 22.5 Å². The molecule has 0 radical (unpaired) electrons. The molecular weight excluding hydrogens is 212 g/mol. The lowest BCUT2D eigenvalue weighted by Gasteiger charge is -2.11. The molecule has 3 nitrogen and oxygen atoms in total. The van der Waals surface area contributed by atoms with Gasteiger partial charge in [0.15, 0.2) is 0 Å². The van der Waals surface area contributed by atoms with E-state index in [1.807, 2.05) is 18.2 Å². The Kier molecular flexibility index (Phi) is 2.95. The van der Waals surface area contributed by atoms with E-state index in [9.17, 15) is 0 Å². The van der Waals surface area contributed by atoms with E-state index in [-0.39, 0.29) is 12.6 Å². The van der Waals surface area contributed by atoms with Crippen LogP contribution in [0.4, 0.5) is 0 Å². The summed E-state index contributed by atoms with van der Waals surface area (Å²) in [4.78, 5) is 3.08. The lowest BCUT2D eigenvalue weighted by molar-refractivity contribution is 0.277. The van der Waals surface area contributed by atoms with E-state index in [0.29, 0.717) is 11.4 Å². The standard InChI is InChI=1S/C11H13ClN2O/c12-8-6-14-10-3-1-2-7(11(8)10)9(13)4-5-15/h1-3,6,9,14-15H,4-5,13H2. The first-order valence-electron chi connectivity index (χ1n) is 4.86. The molecule has 1 aromatic carbocycles. The zero-order valence-electron chi connectivity index (χ0n) is 8.20. The van der Waals surface area contributed by atoms with Crippen molar-refractivity contribution in [2.45, 2.75) is 12.5 Å². The minimum absolute atomic E-state index is 0.0829. The van der Waals surface area contributed by atoms with E-state index in [1.165, 1.54) is 0 Å². The molecule has 2 aromatic rings. The first-order valence-corrected chi connectivity index (χ1v) is 5.23. The van der Waals surface area contributed by atoms with E-state index < -0.39 is 0 Å². The predicted molar refractivity (Wildman–Crippen MR) is 61.9 cm³/mol. The zero-order chi connectivity index (χ0) is 10.8. The maximum absolute atomic E-state index is 8.87. The van der Waals surface area contributed by atoms with Crippen LogP contribution < -0.4 is 5.73 Å². The maximum atomic E-state index is 8.87. The number of rotatable bonds is 3. The van der Waals surface area contributed by atoms with Crippen molar-refractivity contribution in [3.05, 3.63) is 35.0 Å². The number of hydrogen-bond donors (Lipinski definition) is 3. The summed E-state index contributed by atoms with van der Waals surface area (Å²) in [6.07, 6.45) is 2.29. The normalized spacial score (nSPS) is 13.3. The van der Waals surface area contributed by atoms with Crippen LogP contribution in [0.15, 0.2) is 24.4 Å². The van der Waals surface area contributed by atoms with Gasteiger partial charge in [0.25, 0.3) is 0 Å². The monoisotopic (exact) mass is 224 g/mol. The number of H-pyrrole nitrogens is 1. The van der Waals surface area contributed by atoms with Crippen LogP contribution in [0.5, 0.6) is 0 Å². The van der Waals surface area contributed by atoms with Crippen LogP contribution in [0, 0.1) is 0 Å². The second kappa shape index (κ2) is 4.23. The summed E-state index contributed by atoms with van der Waals surface area (Å²) in [5.74, 6) is 0. The quantitative estimate of drug-likeness (QED) is 0.749. The van der Waals surface area contributed by atoms with Crippen molar-refractivity contribution in [3.63, 3.8) is 0 Å². The Morgan fingerprint density at radius 1 is 1.47 bits per heavy atom. The van der Waals surface area contributed by atoms with Gasteiger partial charge in [-0.05, 0) is 18.1 Å². The van der Waals surface area contributed by atoms with Crippen LogP contribution in [0.2, 0.25) is 5.02 Å². The number of aromatic nitrogens is 1.